The molecule has 5 heteroatoms. The molecule has 0 fully saturated rings. The van der Waals surface area contributed by atoms with Gasteiger partial charge in [-0.1, -0.05) is 23.7 Å². The van der Waals surface area contributed by atoms with E-state index in [-0.39, 0.29) is 12.6 Å². The first kappa shape index (κ1) is 12.9. The van der Waals surface area contributed by atoms with Gasteiger partial charge in [-0.25, -0.2) is 0 Å². The van der Waals surface area contributed by atoms with Crippen molar-refractivity contribution in [3.8, 4) is 0 Å². The Morgan fingerprint density at radius 3 is 2.72 bits per heavy atom. The van der Waals surface area contributed by atoms with Gasteiger partial charge < -0.3 is 10.4 Å². The maximum atomic E-state index is 9.52. The minimum Gasteiger partial charge on any atom is -0.394 e. The second-order valence-corrected chi connectivity index (χ2v) is 4.58. The largest absolute Gasteiger partial charge is 0.394 e. The summed E-state index contributed by atoms with van der Waals surface area (Å²) in [6.45, 7) is 1.96. The SMILES string of the molecule is Cc1c(C(CO)Nc2ccccc2Cl)cnn1C. The van der Waals surface area contributed by atoms with Crippen molar-refractivity contribution in [2.75, 3.05) is 11.9 Å². The third-order valence-corrected chi connectivity index (χ3v) is 3.36. The van der Waals surface area contributed by atoms with Crippen molar-refractivity contribution in [2.45, 2.75) is 13.0 Å². The van der Waals surface area contributed by atoms with E-state index in [0.29, 0.717) is 5.02 Å². The quantitative estimate of drug-likeness (QED) is 0.893. The molecule has 0 saturated carbocycles. The molecule has 0 aliphatic heterocycles. The third-order valence-electron chi connectivity index (χ3n) is 3.03. The average Bonchev–Trinajstić information content (AvgIpc) is 2.70. The van der Waals surface area contributed by atoms with Crippen molar-refractivity contribution in [1.29, 1.82) is 0 Å². The van der Waals surface area contributed by atoms with Crippen LogP contribution in [0.3, 0.4) is 0 Å². The Kier molecular flexibility index (Phi) is 3.89. The fraction of sp³-hybridized carbons (Fsp3) is 0.308. The molecular weight excluding hydrogens is 250 g/mol. The van der Waals surface area contributed by atoms with Crippen molar-refractivity contribution in [3.05, 3.63) is 46.7 Å². The zero-order valence-corrected chi connectivity index (χ0v) is 11.1. The van der Waals surface area contributed by atoms with E-state index in [4.69, 9.17) is 11.6 Å². The highest BCUT2D eigenvalue weighted by Gasteiger charge is 2.16. The number of nitrogens with zero attached hydrogens (tertiary/aromatic N) is 2. The van der Waals surface area contributed by atoms with Gasteiger partial charge in [-0.05, 0) is 19.1 Å². The fourth-order valence-corrected chi connectivity index (χ4v) is 2.04. The van der Waals surface area contributed by atoms with E-state index < -0.39 is 0 Å². The highest BCUT2D eigenvalue weighted by atomic mass is 35.5. The summed E-state index contributed by atoms with van der Waals surface area (Å²) >= 11 is 6.09. The van der Waals surface area contributed by atoms with E-state index in [1.807, 2.05) is 38.2 Å². The van der Waals surface area contributed by atoms with Gasteiger partial charge in [-0.15, -0.1) is 0 Å². The molecule has 0 saturated heterocycles. The van der Waals surface area contributed by atoms with Crippen molar-refractivity contribution in [2.24, 2.45) is 7.05 Å². The average molecular weight is 266 g/mol. The lowest BCUT2D eigenvalue weighted by atomic mass is 10.1. The van der Waals surface area contributed by atoms with Crippen LogP contribution in [-0.4, -0.2) is 21.5 Å². The van der Waals surface area contributed by atoms with Gasteiger partial charge in [-0.3, -0.25) is 4.68 Å². The first-order valence-electron chi connectivity index (χ1n) is 5.74. The molecule has 2 N–H and O–H groups in total. The van der Waals surface area contributed by atoms with Crippen LogP contribution < -0.4 is 5.32 Å². The minimum absolute atomic E-state index is 0.0161. The van der Waals surface area contributed by atoms with Crippen LogP contribution in [-0.2, 0) is 7.05 Å². The number of hydrogen-bond donors (Lipinski definition) is 2. The molecule has 1 aromatic heterocycles. The number of benzene rings is 1. The number of anilines is 1. The molecule has 0 aliphatic rings. The smallest absolute Gasteiger partial charge is 0.0778 e. The van der Waals surface area contributed by atoms with Gasteiger partial charge >= 0.3 is 0 Å². The van der Waals surface area contributed by atoms with Crippen LogP contribution in [0.2, 0.25) is 5.02 Å². The number of aromatic nitrogens is 2. The summed E-state index contributed by atoms with van der Waals surface area (Å²) in [5, 5.41) is 17.6. The minimum atomic E-state index is -0.210. The topological polar surface area (TPSA) is 50.1 Å². The summed E-state index contributed by atoms with van der Waals surface area (Å²) < 4.78 is 1.78. The Hall–Kier alpha value is -1.52. The lowest BCUT2D eigenvalue weighted by molar-refractivity contribution is 0.276. The van der Waals surface area contributed by atoms with Gasteiger partial charge in [0, 0.05) is 18.3 Å². The van der Waals surface area contributed by atoms with E-state index in [0.717, 1.165) is 16.9 Å². The number of rotatable bonds is 4. The van der Waals surface area contributed by atoms with Crippen LogP contribution in [0.15, 0.2) is 30.5 Å². The molecule has 0 radical (unpaired) electrons. The molecule has 1 aromatic carbocycles. The molecule has 0 bridgehead atoms. The highest BCUT2D eigenvalue weighted by molar-refractivity contribution is 6.33. The van der Waals surface area contributed by atoms with Crippen molar-refractivity contribution >= 4 is 17.3 Å². The van der Waals surface area contributed by atoms with Gasteiger partial charge in [0.25, 0.3) is 0 Å². The number of hydrogen-bond acceptors (Lipinski definition) is 3. The van der Waals surface area contributed by atoms with Crippen molar-refractivity contribution in [3.63, 3.8) is 0 Å². The van der Waals surface area contributed by atoms with Crippen LogP contribution in [0.1, 0.15) is 17.3 Å². The van der Waals surface area contributed by atoms with Gasteiger partial charge in [0.2, 0.25) is 0 Å². The number of para-hydroxylation sites is 1. The van der Waals surface area contributed by atoms with E-state index in [9.17, 15) is 5.11 Å². The predicted molar refractivity (Wildman–Crippen MR) is 72.8 cm³/mol. The Balaban J connectivity index is 2.25. The lowest BCUT2D eigenvalue weighted by Gasteiger charge is -2.18. The summed E-state index contributed by atoms with van der Waals surface area (Å²) in [5.74, 6) is 0. The number of aliphatic hydroxyl groups is 1. The standard InChI is InChI=1S/C13H16ClN3O/c1-9-10(7-15-17(9)2)13(8-18)16-12-6-4-3-5-11(12)14/h3-7,13,16,18H,8H2,1-2H3. The molecule has 0 amide bonds. The second-order valence-electron chi connectivity index (χ2n) is 4.17. The highest BCUT2D eigenvalue weighted by Crippen LogP contribution is 2.26. The predicted octanol–water partition coefficient (Wildman–Crippen LogP) is 2.53. The lowest BCUT2D eigenvalue weighted by Crippen LogP contribution is -2.15. The fourth-order valence-electron chi connectivity index (χ4n) is 1.85. The van der Waals surface area contributed by atoms with Gasteiger partial charge in [0.15, 0.2) is 0 Å². The summed E-state index contributed by atoms with van der Waals surface area (Å²) in [6.07, 6.45) is 1.76. The van der Waals surface area contributed by atoms with Crippen LogP contribution >= 0.6 is 11.6 Å². The maximum Gasteiger partial charge on any atom is 0.0778 e. The summed E-state index contributed by atoms with van der Waals surface area (Å²) in [6, 6.07) is 7.26. The summed E-state index contributed by atoms with van der Waals surface area (Å²) in [5.41, 5.74) is 2.80. The second kappa shape index (κ2) is 5.42. The number of aliphatic hydroxyl groups excluding tert-OH is 1. The zero-order valence-electron chi connectivity index (χ0n) is 10.4. The molecule has 18 heavy (non-hydrogen) atoms. The van der Waals surface area contributed by atoms with Crippen LogP contribution in [0.5, 0.6) is 0 Å². The Bertz CT molecular complexity index is 539. The van der Waals surface area contributed by atoms with Gasteiger partial charge in [0.05, 0.1) is 29.6 Å². The molecule has 1 heterocycles. The Labute approximate surface area is 111 Å². The van der Waals surface area contributed by atoms with Gasteiger partial charge in [-0.2, -0.15) is 5.10 Å². The molecule has 0 spiro atoms. The molecule has 96 valence electrons. The third kappa shape index (κ3) is 2.49. The maximum absolute atomic E-state index is 9.52. The van der Waals surface area contributed by atoms with Crippen LogP contribution in [0, 0.1) is 6.92 Å². The van der Waals surface area contributed by atoms with E-state index in [2.05, 4.69) is 10.4 Å². The molecular formula is C13H16ClN3O. The molecule has 1 atom stereocenters. The zero-order chi connectivity index (χ0) is 13.1. The molecule has 0 aliphatic carbocycles. The van der Waals surface area contributed by atoms with Gasteiger partial charge in [0.1, 0.15) is 0 Å². The van der Waals surface area contributed by atoms with Crippen molar-refractivity contribution in [1.82, 2.24) is 9.78 Å². The Morgan fingerprint density at radius 1 is 1.44 bits per heavy atom. The normalized spacial score (nSPS) is 12.4. The van der Waals surface area contributed by atoms with E-state index in [1.54, 1.807) is 10.9 Å². The molecule has 1 unspecified atom stereocenters. The summed E-state index contributed by atoms with van der Waals surface area (Å²) in [4.78, 5) is 0. The first-order valence-corrected chi connectivity index (χ1v) is 6.11. The summed E-state index contributed by atoms with van der Waals surface area (Å²) in [7, 11) is 1.88. The monoisotopic (exact) mass is 265 g/mol. The molecule has 4 nitrogen and oxygen atoms in total. The molecule has 2 rings (SSSR count). The Morgan fingerprint density at radius 2 is 2.17 bits per heavy atom. The first-order chi connectivity index (χ1) is 8.63. The number of aryl methyl sites for hydroxylation is 1. The number of nitrogens with one attached hydrogen (secondary N) is 1. The molecule has 2 aromatic rings. The van der Waals surface area contributed by atoms with Crippen LogP contribution in [0.4, 0.5) is 5.69 Å². The van der Waals surface area contributed by atoms with Crippen molar-refractivity contribution < 1.29 is 5.11 Å². The van der Waals surface area contributed by atoms with E-state index in [1.165, 1.54) is 0 Å². The van der Waals surface area contributed by atoms with E-state index >= 15 is 0 Å². The van der Waals surface area contributed by atoms with Crippen LogP contribution in [0.25, 0.3) is 0 Å². The number of halogens is 1.